The lowest BCUT2D eigenvalue weighted by Crippen LogP contribution is -2.14. The van der Waals surface area contributed by atoms with Crippen LogP contribution < -0.4 is 4.80 Å². The van der Waals surface area contributed by atoms with Crippen molar-refractivity contribution in [1.29, 1.82) is 0 Å². The maximum absolute atomic E-state index is 11.4. The lowest BCUT2D eigenvalue weighted by molar-refractivity contribution is -0.384. The van der Waals surface area contributed by atoms with E-state index in [0.717, 1.165) is 33.9 Å². The fourth-order valence-corrected chi connectivity index (χ4v) is 4.70. The highest BCUT2D eigenvalue weighted by Crippen LogP contribution is 2.25. The number of aromatic nitrogens is 3. The summed E-state index contributed by atoms with van der Waals surface area (Å²) in [6.07, 6.45) is 5.38. The number of benzene rings is 3. The molecule has 37 heavy (non-hydrogen) atoms. The van der Waals surface area contributed by atoms with Crippen LogP contribution in [0.25, 0.3) is 16.9 Å². The zero-order valence-corrected chi connectivity index (χ0v) is 21.4. The molecule has 0 saturated carbocycles. The molecular weight excluding hydrogens is 484 g/mol. The van der Waals surface area contributed by atoms with Gasteiger partial charge in [0.1, 0.15) is 0 Å². The molecule has 0 fully saturated rings. The van der Waals surface area contributed by atoms with Gasteiger partial charge in [0.05, 0.1) is 28.3 Å². The normalized spacial score (nSPS) is 12.2. The highest BCUT2D eigenvalue weighted by atomic mass is 32.1. The van der Waals surface area contributed by atoms with Crippen molar-refractivity contribution in [2.24, 2.45) is 10.1 Å². The number of aryl methyl sites for hydroxylation is 2. The Morgan fingerprint density at radius 2 is 1.84 bits per heavy atom. The molecule has 3 aromatic carbocycles. The Labute approximate surface area is 217 Å². The monoisotopic (exact) mass is 508 g/mol. The van der Waals surface area contributed by atoms with Gasteiger partial charge in [0.2, 0.25) is 4.80 Å². The van der Waals surface area contributed by atoms with Crippen molar-refractivity contribution >= 4 is 28.4 Å². The Bertz CT molecular complexity index is 1680. The topological polar surface area (TPSA) is 90.6 Å². The Morgan fingerprint density at radius 1 is 1.03 bits per heavy atom. The molecule has 9 heteroatoms. The zero-order chi connectivity index (χ0) is 25.9. The number of non-ortho nitro benzene ring substituents is 1. The largest absolute Gasteiger partial charge is 0.306 e. The third-order valence-electron chi connectivity index (χ3n) is 6.09. The summed E-state index contributed by atoms with van der Waals surface area (Å²) in [5, 5.41) is 18.3. The van der Waals surface area contributed by atoms with Crippen LogP contribution in [0.3, 0.4) is 0 Å². The van der Waals surface area contributed by atoms with Crippen LogP contribution in [-0.2, 0) is 0 Å². The van der Waals surface area contributed by atoms with E-state index in [9.17, 15) is 10.1 Å². The average molecular weight is 509 g/mol. The number of nitro benzene ring substituents is 1. The zero-order valence-electron chi connectivity index (χ0n) is 20.6. The summed E-state index contributed by atoms with van der Waals surface area (Å²) in [5.74, 6) is 0. The molecule has 0 amide bonds. The number of nitro groups is 1. The molecule has 0 bridgehead atoms. The Hall–Kier alpha value is -4.63. The minimum atomic E-state index is -0.392. The first-order valence-corrected chi connectivity index (χ1v) is 12.5. The van der Waals surface area contributed by atoms with Crippen LogP contribution in [0.2, 0.25) is 0 Å². The molecule has 2 heterocycles. The minimum Gasteiger partial charge on any atom is -0.306 e. The average Bonchev–Trinajstić information content (AvgIpc) is 3.57. The van der Waals surface area contributed by atoms with Gasteiger partial charge in [0.15, 0.2) is 0 Å². The fourth-order valence-electron chi connectivity index (χ4n) is 3.85. The second-order valence-corrected chi connectivity index (χ2v) is 9.44. The summed E-state index contributed by atoms with van der Waals surface area (Å²) in [6, 6.07) is 20.7. The Balaban J connectivity index is 1.62. The van der Waals surface area contributed by atoms with Crippen LogP contribution in [-0.4, -0.2) is 24.9 Å². The van der Waals surface area contributed by atoms with Crippen LogP contribution >= 0.6 is 11.3 Å². The maximum Gasteiger partial charge on any atom is 0.270 e. The molecule has 0 aliphatic carbocycles. The molecule has 2 aromatic heterocycles. The van der Waals surface area contributed by atoms with E-state index in [1.54, 1.807) is 29.3 Å². The van der Waals surface area contributed by atoms with Crippen molar-refractivity contribution < 1.29 is 4.92 Å². The highest BCUT2D eigenvalue weighted by Gasteiger charge is 2.13. The summed E-state index contributed by atoms with van der Waals surface area (Å²) in [4.78, 5) is 20.6. The van der Waals surface area contributed by atoms with Crippen molar-refractivity contribution in [2.45, 2.75) is 20.8 Å². The van der Waals surface area contributed by atoms with Gasteiger partial charge in [-0.2, -0.15) is 5.10 Å². The van der Waals surface area contributed by atoms with Gasteiger partial charge in [-0.1, -0.05) is 30.3 Å². The first-order valence-electron chi connectivity index (χ1n) is 11.6. The first-order chi connectivity index (χ1) is 17.9. The van der Waals surface area contributed by atoms with Crippen molar-refractivity contribution in [3.05, 3.63) is 122 Å². The molecule has 184 valence electrons. The van der Waals surface area contributed by atoms with E-state index in [0.29, 0.717) is 10.4 Å². The van der Waals surface area contributed by atoms with Crippen molar-refractivity contribution in [3.63, 3.8) is 0 Å². The summed E-state index contributed by atoms with van der Waals surface area (Å²) in [5.41, 5.74) is 7.35. The molecule has 5 rings (SSSR count). The van der Waals surface area contributed by atoms with E-state index in [4.69, 9.17) is 10.1 Å². The van der Waals surface area contributed by atoms with E-state index in [2.05, 4.69) is 18.8 Å². The maximum atomic E-state index is 11.4. The lowest BCUT2D eigenvalue weighted by Gasteiger charge is -2.08. The van der Waals surface area contributed by atoms with E-state index < -0.39 is 4.92 Å². The van der Waals surface area contributed by atoms with E-state index in [1.165, 1.54) is 23.0 Å². The molecule has 0 saturated heterocycles. The number of nitrogens with zero attached hydrogens (tertiary/aromatic N) is 6. The molecule has 0 unspecified atom stereocenters. The molecular formula is C28H24N6O2S. The third kappa shape index (κ3) is 5.17. The summed E-state index contributed by atoms with van der Waals surface area (Å²) in [6.45, 7) is 6.06. The predicted molar refractivity (Wildman–Crippen MR) is 147 cm³/mol. The van der Waals surface area contributed by atoms with Gasteiger partial charge in [-0.05, 0) is 61.7 Å². The van der Waals surface area contributed by atoms with E-state index in [1.807, 2.05) is 71.6 Å². The van der Waals surface area contributed by atoms with Crippen molar-refractivity contribution in [1.82, 2.24) is 14.2 Å². The molecule has 0 spiro atoms. The van der Waals surface area contributed by atoms with Crippen molar-refractivity contribution in [3.8, 4) is 16.9 Å². The number of imidazole rings is 1. The molecule has 8 nitrogen and oxygen atoms in total. The van der Waals surface area contributed by atoms with Crippen molar-refractivity contribution in [2.75, 3.05) is 0 Å². The fraction of sp³-hybridized carbons (Fsp3) is 0.107. The number of hydrogen-bond donors (Lipinski definition) is 0. The minimum absolute atomic E-state index is 0.0266. The second-order valence-electron chi connectivity index (χ2n) is 8.61. The van der Waals surface area contributed by atoms with Gasteiger partial charge in [-0.3, -0.25) is 10.1 Å². The van der Waals surface area contributed by atoms with Crippen LogP contribution in [0.15, 0.2) is 101 Å². The third-order valence-corrected chi connectivity index (χ3v) is 6.91. The van der Waals surface area contributed by atoms with Crippen LogP contribution in [0.1, 0.15) is 23.6 Å². The van der Waals surface area contributed by atoms with Gasteiger partial charge in [-0.25, -0.2) is 14.7 Å². The Kier molecular flexibility index (Phi) is 6.61. The summed E-state index contributed by atoms with van der Waals surface area (Å²) in [7, 11) is 0. The number of hydrogen-bond acceptors (Lipinski definition) is 6. The molecule has 0 aliphatic rings. The molecule has 0 atom stereocenters. The predicted octanol–water partition coefficient (Wildman–Crippen LogP) is 6.43. The van der Waals surface area contributed by atoms with Gasteiger partial charge in [0, 0.05) is 41.2 Å². The smallest absolute Gasteiger partial charge is 0.270 e. The standard InChI is InChI=1S/C28H24N6O2S/c1-19-7-10-24(15-20(19)2)30-28-33(27(17-37-28)23-5-4-6-26(16-23)34(35)36)31-21(3)22-8-11-25(12-9-22)32-14-13-29-18-32/h4-18H,1-3H3. The molecule has 0 N–H and O–H groups in total. The van der Waals surface area contributed by atoms with Gasteiger partial charge < -0.3 is 4.57 Å². The Morgan fingerprint density at radius 3 is 2.54 bits per heavy atom. The quantitative estimate of drug-likeness (QED) is 0.150. The number of thiazole rings is 1. The second kappa shape index (κ2) is 10.2. The summed E-state index contributed by atoms with van der Waals surface area (Å²) < 4.78 is 3.70. The molecule has 0 radical (unpaired) electrons. The van der Waals surface area contributed by atoms with Gasteiger partial charge in [0.25, 0.3) is 5.69 Å². The van der Waals surface area contributed by atoms with Gasteiger partial charge in [-0.15, -0.1) is 11.3 Å². The first kappa shape index (κ1) is 24.1. The lowest BCUT2D eigenvalue weighted by atomic mass is 10.1. The van der Waals surface area contributed by atoms with E-state index >= 15 is 0 Å². The SMILES string of the molecule is CC(=Nn1c(-c2cccc([N+](=O)[O-])c2)csc1=Nc1ccc(C)c(C)c1)c1ccc(-n2ccnc2)cc1. The summed E-state index contributed by atoms with van der Waals surface area (Å²) >= 11 is 1.44. The highest BCUT2D eigenvalue weighted by molar-refractivity contribution is 7.07. The van der Waals surface area contributed by atoms with Crippen LogP contribution in [0, 0.1) is 24.0 Å². The molecule has 5 aromatic rings. The van der Waals surface area contributed by atoms with E-state index in [-0.39, 0.29) is 5.69 Å². The van der Waals surface area contributed by atoms with Gasteiger partial charge >= 0.3 is 0 Å². The van der Waals surface area contributed by atoms with Crippen LogP contribution in [0.5, 0.6) is 0 Å². The van der Waals surface area contributed by atoms with Crippen LogP contribution in [0.4, 0.5) is 11.4 Å². The molecule has 0 aliphatic heterocycles. The number of rotatable bonds is 6.